The molecule has 0 unspecified atom stereocenters. The Morgan fingerprint density at radius 3 is 2.82 bits per heavy atom. The fourth-order valence-electron chi connectivity index (χ4n) is 1.52. The first-order valence-electron chi connectivity index (χ1n) is 5.44. The van der Waals surface area contributed by atoms with Crippen molar-refractivity contribution in [2.45, 2.75) is 20.3 Å². The molecule has 0 bridgehead atoms. The Balaban J connectivity index is 2.30. The summed E-state index contributed by atoms with van der Waals surface area (Å²) in [6.07, 6.45) is 0.788. The van der Waals surface area contributed by atoms with E-state index in [-0.39, 0.29) is 0 Å². The summed E-state index contributed by atoms with van der Waals surface area (Å²) in [6.45, 7) is 4.21. The highest BCUT2D eigenvalue weighted by atomic mass is 35.5. The number of hydrogen-bond donors (Lipinski definition) is 1. The topological polar surface area (TPSA) is 64.9 Å². The summed E-state index contributed by atoms with van der Waals surface area (Å²) in [7, 11) is 0. The Morgan fingerprint density at radius 2 is 2.18 bits per heavy atom. The molecule has 0 spiro atoms. The SMILES string of the molecule is CC(C)Cc1noc(-c2ccc(N)cc2Cl)n1. The molecule has 90 valence electrons. The summed E-state index contributed by atoms with van der Waals surface area (Å²) in [5, 5.41) is 4.44. The number of rotatable bonds is 3. The van der Waals surface area contributed by atoms with Crippen LogP contribution in [0, 0.1) is 5.92 Å². The largest absolute Gasteiger partial charge is 0.399 e. The first kappa shape index (κ1) is 11.9. The predicted octanol–water partition coefficient (Wildman–Crippen LogP) is 3.17. The van der Waals surface area contributed by atoms with Gasteiger partial charge in [0.05, 0.1) is 10.6 Å². The van der Waals surface area contributed by atoms with E-state index in [1.54, 1.807) is 18.2 Å². The minimum Gasteiger partial charge on any atom is -0.399 e. The third-order valence-electron chi connectivity index (χ3n) is 2.28. The molecule has 0 aliphatic heterocycles. The van der Waals surface area contributed by atoms with Crippen molar-refractivity contribution in [3.05, 3.63) is 29.0 Å². The van der Waals surface area contributed by atoms with Gasteiger partial charge >= 0.3 is 0 Å². The average molecular weight is 252 g/mol. The average Bonchev–Trinajstić information content (AvgIpc) is 2.65. The molecule has 4 nitrogen and oxygen atoms in total. The van der Waals surface area contributed by atoms with Crippen molar-refractivity contribution in [1.29, 1.82) is 0 Å². The van der Waals surface area contributed by atoms with E-state index in [4.69, 9.17) is 21.9 Å². The minimum absolute atomic E-state index is 0.436. The van der Waals surface area contributed by atoms with Gasteiger partial charge in [-0.15, -0.1) is 0 Å². The normalized spacial score (nSPS) is 11.1. The maximum Gasteiger partial charge on any atom is 0.259 e. The van der Waals surface area contributed by atoms with Crippen molar-refractivity contribution in [2.24, 2.45) is 5.92 Å². The van der Waals surface area contributed by atoms with E-state index in [9.17, 15) is 0 Å². The summed E-state index contributed by atoms with van der Waals surface area (Å²) in [5.41, 5.74) is 6.95. The highest BCUT2D eigenvalue weighted by molar-refractivity contribution is 6.33. The van der Waals surface area contributed by atoms with Gasteiger partial charge in [0.15, 0.2) is 5.82 Å². The number of nitrogens with zero attached hydrogens (tertiary/aromatic N) is 2. The van der Waals surface area contributed by atoms with Crippen LogP contribution in [0.1, 0.15) is 19.7 Å². The molecule has 2 N–H and O–H groups in total. The Kier molecular flexibility index (Phi) is 3.33. The number of nitrogens with two attached hydrogens (primary N) is 1. The van der Waals surface area contributed by atoms with Crippen molar-refractivity contribution in [3.8, 4) is 11.5 Å². The van der Waals surface area contributed by atoms with Crippen LogP contribution >= 0.6 is 11.6 Å². The van der Waals surface area contributed by atoms with Crippen molar-refractivity contribution < 1.29 is 4.52 Å². The summed E-state index contributed by atoms with van der Waals surface area (Å²) in [5.74, 6) is 1.62. The molecule has 2 rings (SSSR count). The highest BCUT2D eigenvalue weighted by Crippen LogP contribution is 2.28. The second-order valence-electron chi connectivity index (χ2n) is 4.35. The fourth-order valence-corrected chi connectivity index (χ4v) is 1.79. The van der Waals surface area contributed by atoms with Crippen LogP contribution in [-0.2, 0) is 6.42 Å². The molecule has 0 aliphatic rings. The first-order chi connectivity index (χ1) is 8.06. The lowest BCUT2D eigenvalue weighted by molar-refractivity contribution is 0.418. The van der Waals surface area contributed by atoms with Crippen LogP contribution in [0.2, 0.25) is 5.02 Å². The minimum atomic E-state index is 0.436. The van der Waals surface area contributed by atoms with Gasteiger partial charge < -0.3 is 10.3 Å². The van der Waals surface area contributed by atoms with Gasteiger partial charge in [0, 0.05) is 12.1 Å². The van der Waals surface area contributed by atoms with Gasteiger partial charge in [-0.05, 0) is 24.1 Å². The Labute approximate surface area is 105 Å². The molecule has 0 atom stereocenters. The van der Waals surface area contributed by atoms with Gasteiger partial charge in [-0.25, -0.2) is 0 Å². The summed E-state index contributed by atoms with van der Waals surface area (Å²) < 4.78 is 5.19. The van der Waals surface area contributed by atoms with Crippen LogP contribution in [0.25, 0.3) is 11.5 Å². The summed E-state index contributed by atoms with van der Waals surface area (Å²) in [6, 6.07) is 5.21. The third kappa shape index (κ3) is 2.77. The Morgan fingerprint density at radius 1 is 1.41 bits per heavy atom. The monoisotopic (exact) mass is 251 g/mol. The van der Waals surface area contributed by atoms with Gasteiger partial charge in [0.25, 0.3) is 5.89 Å². The van der Waals surface area contributed by atoms with E-state index in [1.165, 1.54) is 0 Å². The summed E-state index contributed by atoms with van der Waals surface area (Å²) >= 11 is 6.07. The highest BCUT2D eigenvalue weighted by Gasteiger charge is 2.12. The van der Waals surface area contributed by atoms with Crippen LogP contribution in [-0.4, -0.2) is 10.1 Å². The number of nitrogen functional groups attached to an aromatic ring is 1. The van der Waals surface area contributed by atoms with Gasteiger partial charge in [0.1, 0.15) is 0 Å². The number of anilines is 1. The van der Waals surface area contributed by atoms with Crippen LogP contribution in [0.4, 0.5) is 5.69 Å². The van der Waals surface area contributed by atoms with Crippen molar-refractivity contribution >= 4 is 17.3 Å². The molecule has 1 aromatic heterocycles. The maximum atomic E-state index is 6.07. The van der Waals surface area contributed by atoms with E-state index in [0.717, 1.165) is 6.42 Å². The van der Waals surface area contributed by atoms with Crippen LogP contribution < -0.4 is 5.73 Å². The molecular weight excluding hydrogens is 238 g/mol. The lowest BCUT2D eigenvalue weighted by Crippen LogP contribution is -1.95. The zero-order valence-corrected chi connectivity index (χ0v) is 10.5. The molecule has 0 aliphatic carbocycles. The van der Waals surface area contributed by atoms with Crippen molar-refractivity contribution in [1.82, 2.24) is 10.1 Å². The Hall–Kier alpha value is -1.55. The molecule has 2 aromatic rings. The molecule has 0 radical (unpaired) electrons. The van der Waals surface area contributed by atoms with Crippen molar-refractivity contribution in [2.75, 3.05) is 5.73 Å². The standard InChI is InChI=1S/C12H14ClN3O/c1-7(2)5-11-15-12(17-16-11)9-4-3-8(14)6-10(9)13/h3-4,6-7H,5,14H2,1-2H3. The molecule has 5 heteroatoms. The van der Waals surface area contributed by atoms with E-state index in [0.29, 0.717) is 33.9 Å². The second-order valence-corrected chi connectivity index (χ2v) is 4.76. The van der Waals surface area contributed by atoms with Crippen LogP contribution in [0.3, 0.4) is 0 Å². The van der Waals surface area contributed by atoms with E-state index >= 15 is 0 Å². The number of aromatic nitrogens is 2. The maximum absolute atomic E-state index is 6.07. The molecular formula is C12H14ClN3O. The molecule has 0 fully saturated rings. The van der Waals surface area contributed by atoms with E-state index < -0.39 is 0 Å². The van der Waals surface area contributed by atoms with Crippen LogP contribution in [0.5, 0.6) is 0 Å². The molecule has 0 saturated heterocycles. The zero-order valence-electron chi connectivity index (χ0n) is 9.77. The molecule has 1 heterocycles. The van der Waals surface area contributed by atoms with Gasteiger partial charge in [-0.3, -0.25) is 0 Å². The van der Waals surface area contributed by atoms with Gasteiger partial charge in [0.2, 0.25) is 0 Å². The predicted molar refractivity (Wildman–Crippen MR) is 67.7 cm³/mol. The van der Waals surface area contributed by atoms with Gasteiger partial charge in [-0.2, -0.15) is 4.98 Å². The van der Waals surface area contributed by atoms with Gasteiger partial charge in [-0.1, -0.05) is 30.6 Å². The molecule has 0 saturated carbocycles. The number of halogens is 1. The zero-order chi connectivity index (χ0) is 12.4. The lowest BCUT2D eigenvalue weighted by atomic mass is 10.1. The smallest absolute Gasteiger partial charge is 0.259 e. The second kappa shape index (κ2) is 4.75. The number of hydrogen-bond acceptors (Lipinski definition) is 4. The Bertz CT molecular complexity index is 522. The number of benzene rings is 1. The van der Waals surface area contributed by atoms with Crippen LogP contribution in [0.15, 0.2) is 22.7 Å². The molecule has 17 heavy (non-hydrogen) atoms. The fraction of sp³-hybridized carbons (Fsp3) is 0.333. The third-order valence-corrected chi connectivity index (χ3v) is 2.60. The van der Waals surface area contributed by atoms with Crippen molar-refractivity contribution in [3.63, 3.8) is 0 Å². The molecule has 1 aromatic carbocycles. The molecule has 0 amide bonds. The van der Waals surface area contributed by atoms with E-state index in [2.05, 4.69) is 24.0 Å². The first-order valence-corrected chi connectivity index (χ1v) is 5.82. The lowest BCUT2D eigenvalue weighted by Gasteiger charge is -1.99. The quantitative estimate of drug-likeness (QED) is 0.851. The summed E-state index contributed by atoms with van der Waals surface area (Å²) in [4.78, 5) is 4.31. The van der Waals surface area contributed by atoms with E-state index in [1.807, 2.05) is 0 Å².